The summed E-state index contributed by atoms with van der Waals surface area (Å²) in [4.78, 5) is 23.4. The molecule has 1 aromatic carbocycles. The van der Waals surface area contributed by atoms with E-state index in [1.54, 1.807) is 24.5 Å². The lowest BCUT2D eigenvalue weighted by Crippen LogP contribution is -2.55. The van der Waals surface area contributed by atoms with E-state index >= 15 is 0 Å². The van der Waals surface area contributed by atoms with Gasteiger partial charge in [0.15, 0.2) is 5.82 Å². The maximum Gasteiger partial charge on any atom is 0.217 e. The third kappa shape index (κ3) is 4.18. The number of hydrogen-bond donors (Lipinski definition) is 2. The number of nitrogens with zero attached hydrogens (tertiary/aromatic N) is 2. The molecule has 0 spiro atoms. The molecule has 1 aliphatic heterocycles. The van der Waals surface area contributed by atoms with Crippen molar-refractivity contribution in [2.75, 3.05) is 13.2 Å². The largest absolute Gasteiger partial charge is 0.347 e. The minimum absolute atomic E-state index is 0.144. The van der Waals surface area contributed by atoms with Crippen molar-refractivity contribution in [3.63, 3.8) is 0 Å². The van der Waals surface area contributed by atoms with Crippen LogP contribution in [0.15, 0.2) is 48.8 Å². The normalized spacial score (nSPS) is 21.7. The number of aromatic nitrogens is 3. The zero-order valence-corrected chi connectivity index (χ0v) is 16.1. The summed E-state index contributed by atoms with van der Waals surface area (Å²) < 4.78 is 25.1. The Kier molecular flexibility index (Phi) is 5.12. The van der Waals surface area contributed by atoms with Crippen molar-refractivity contribution < 1.29 is 18.7 Å². The van der Waals surface area contributed by atoms with Gasteiger partial charge in [-0.1, -0.05) is 0 Å². The quantitative estimate of drug-likeness (QED) is 0.707. The number of ether oxygens (including phenoxy) is 2. The van der Waals surface area contributed by atoms with Crippen molar-refractivity contribution in [2.45, 2.75) is 25.7 Å². The molecule has 0 aliphatic carbocycles. The average Bonchev–Trinajstić information content (AvgIpc) is 3.14. The van der Waals surface area contributed by atoms with Gasteiger partial charge in [0.05, 0.1) is 30.1 Å². The summed E-state index contributed by atoms with van der Waals surface area (Å²) in [5.74, 6) is 0.0434. The fourth-order valence-electron chi connectivity index (χ4n) is 3.31. The number of amides is 1. The summed E-state index contributed by atoms with van der Waals surface area (Å²) in [6, 6.07) is 9.87. The Bertz CT molecular complexity index is 997. The van der Waals surface area contributed by atoms with Crippen LogP contribution in [-0.2, 0) is 14.3 Å². The van der Waals surface area contributed by atoms with E-state index in [-0.39, 0.29) is 24.9 Å². The van der Waals surface area contributed by atoms with Crippen LogP contribution < -0.4 is 5.32 Å². The third-order valence-corrected chi connectivity index (χ3v) is 4.62. The number of imidazole rings is 1. The summed E-state index contributed by atoms with van der Waals surface area (Å²) in [5.41, 5.74) is 2.48. The first-order valence-electron chi connectivity index (χ1n) is 9.22. The molecular weight excluding hydrogens is 375 g/mol. The number of benzene rings is 1. The van der Waals surface area contributed by atoms with Crippen LogP contribution in [0.3, 0.4) is 0 Å². The van der Waals surface area contributed by atoms with E-state index in [0.29, 0.717) is 11.5 Å². The maximum absolute atomic E-state index is 13.4. The van der Waals surface area contributed by atoms with Crippen LogP contribution in [0.25, 0.3) is 22.5 Å². The molecule has 2 N–H and O–H groups in total. The fraction of sp³-hybridized carbons (Fsp3) is 0.286. The number of halogens is 1. The first-order chi connectivity index (χ1) is 13.9. The summed E-state index contributed by atoms with van der Waals surface area (Å²) in [5, 5.41) is 2.84. The molecule has 7 nitrogen and oxygen atoms in total. The Hall–Kier alpha value is -3.10. The van der Waals surface area contributed by atoms with E-state index in [0.717, 1.165) is 16.8 Å². The Morgan fingerprint density at radius 1 is 1.14 bits per heavy atom. The van der Waals surface area contributed by atoms with Crippen LogP contribution in [0, 0.1) is 5.82 Å². The first-order valence-corrected chi connectivity index (χ1v) is 9.22. The second-order valence-corrected chi connectivity index (χ2v) is 7.28. The molecular formula is C21H21FN4O3. The van der Waals surface area contributed by atoms with Crippen LogP contribution in [0.1, 0.15) is 26.0 Å². The van der Waals surface area contributed by atoms with E-state index in [1.165, 1.54) is 19.1 Å². The molecule has 8 heteroatoms. The zero-order chi connectivity index (χ0) is 20.4. The van der Waals surface area contributed by atoms with Gasteiger partial charge in [-0.15, -0.1) is 0 Å². The Labute approximate surface area is 167 Å². The van der Waals surface area contributed by atoms with Crippen molar-refractivity contribution >= 4 is 5.91 Å². The van der Waals surface area contributed by atoms with E-state index in [1.807, 2.05) is 19.1 Å². The molecule has 0 bridgehead atoms. The van der Waals surface area contributed by atoms with Gasteiger partial charge in [-0.05, 0) is 43.3 Å². The minimum atomic E-state index is -0.702. The molecule has 1 aliphatic rings. The molecule has 150 valence electrons. The van der Waals surface area contributed by atoms with Crippen molar-refractivity contribution in [3.8, 4) is 22.5 Å². The topological polar surface area (TPSA) is 89.1 Å². The van der Waals surface area contributed by atoms with Gasteiger partial charge in [0.2, 0.25) is 12.2 Å². The van der Waals surface area contributed by atoms with Crippen LogP contribution in [0.4, 0.5) is 4.39 Å². The van der Waals surface area contributed by atoms with Gasteiger partial charge in [0.25, 0.3) is 0 Å². The number of aromatic amines is 1. The second kappa shape index (κ2) is 7.73. The number of nitrogens with one attached hydrogen (secondary N) is 2. The van der Waals surface area contributed by atoms with Gasteiger partial charge in [-0.2, -0.15) is 0 Å². The molecule has 0 unspecified atom stereocenters. The van der Waals surface area contributed by atoms with Gasteiger partial charge < -0.3 is 19.8 Å². The molecule has 2 aromatic heterocycles. The molecule has 0 atom stereocenters. The standard InChI is InChI=1S/C21H21FN4O3/c1-13(27)26-21(2)11-28-20(29-12-21)19-24-17(14-3-5-16(22)6-4-14)18(25-19)15-7-9-23-10-8-15/h3-10,20H,11-12H2,1-2H3,(H,24,25)(H,26,27). The summed E-state index contributed by atoms with van der Waals surface area (Å²) in [7, 11) is 0. The highest BCUT2D eigenvalue weighted by molar-refractivity contribution is 5.78. The highest BCUT2D eigenvalue weighted by Gasteiger charge is 2.35. The molecule has 0 saturated carbocycles. The summed E-state index contributed by atoms with van der Waals surface area (Å²) >= 11 is 0. The molecule has 3 aromatic rings. The lowest BCUT2D eigenvalue weighted by Gasteiger charge is -2.36. The summed E-state index contributed by atoms with van der Waals surface area (Å²) in [6.07, 6.45) is 2.68. The van der Waals surface area contributed by atoms with Gasteiger partial charge in [0.1, 0.15) is 5.82 Å². The van der Waals surface area contributed by atoms with Crippen molar-refractivity contribution in [1.29, 1.82) is 0 Å². The minimum Gasteiger partial charge on any atom is -0.347 e. The van der Waals surface area contributed by atoms with Gasteiger partial charge >= 0.3 is 0 Å². The highest BCUT2D eigenvalue weighted by Crippen LogP contribution is 2.34. The lowest BCUT2D eigenvalue weighted by molar-refractivity contribution is -0.217. The van der Waals surface area contributed by atoms with E-state index in [4.69, 9.17) is 9.47 Å². The second-order valence-electron chi connectivity index (χ2n) is 7.28. The highest BCUT2D eigenvalue weighted by atomic mass is 19.1. The van der Waals surface area contributed by atoms with Gasteiger partial charge in [0, 0.05) is 30.4 Å². The first kappa shape index (κ1) is 19.2. The average molecular weight is 396 g/mol. The van der Waals surface area contributed by atoms with Crippen molar-refractivity contribution in [3.05, 3.63) is 60.4 Å². The van der Waals surface area contributed by atoms with Crippen LogP contribution in [0.5, 0.6) is 0 Å². The van der Waals surface area contributed by atoms with E-state index < -0.39 is 11.8 Å². The number of hydrogen-bond acceptors (Lipinski definition) is 5. The predicted molar refractivity (Wildman–Crippen MR) is 104 cm³/mol. The molecule has 29 heavy (non-hydrogen) atoms. The van der Waals surface area contributed by atoms with Crippen molar-refractivity contribution in [1.82, 2.24) is 20.3 Å². The monoisotopic (exact) mass is 396 g/mol. The smallest absolute Gasteiger partial charge is 0.217 e. The van der Waals surface area contributed by atoms with Crippen LogP contribution in [0.2, 0.25) is 0 Å². The molecule has 3 heterocycles. The third-order valence-electron chi connectivity index (χ3n) is 4.62. The maximum atomic E-state index is 13.4. The van der Waals surface area contributed by atoms with E-state index in [2.05, 4.69) is 20.3 Å². The fourth-order valence-corrected chi connectivity index (χ4v) is 3.31. The summed E-state index contributed by atoms with van der Waals surface area (Å²) in [6.45, 7) is 3.89. The number of rotatable bonds is 4. The number of pyridine rings is 1. The van der Waals surface area contributed by atoms with E-state index in [9.17, 15) is 9.18 Å². The number of H-pyrrole nitrogens is 1. The van der Waals surface area contributed by atoms with Crippen LogP contribution in [-0.4, -0.2) is 39.6 Å². The SMILES string of the molecule is CC(=O)NC1(C)COC(c2nc(-c3ccc(F)cc3)c(-c3ccncc3)[nH]2)OC1. The van der Waals surface area contributed by atoms with Gasteiger partial charge in [-0.3, -0.25) is 9.78 Å². The number of carbonyl (C=O) groups excluding carboxylic acids is 1. The molecule has 0 radical (unpaired) electrons. The molecule has 1 fully saturated rings. The van der Waals surface area contributed by atoms with Crippen molar-refractivity contribution in [2.24, 2.45) is 0 Å². The molecule has 4 rings (SSSR count). The molecule has 1 amide bonds. The Morgan fingerprint density at radius 3 is 2.41 bits per heavy atom. The zero-order valence-electron chi connectivity index (χ0n) is 16.1. The lowest BCUT2D eigenvalue weighted by atomic mass is 10.0. The Balaban J connectivity index is 1.65. The Morgan fingerprint density at radius 2 is 1.79 bits per heavy atom. The van der Waals surface area contributed by atoms with Gasteiger partial charge in [-0.25, -0.2) is 9.37 Å². The van der Waals surface area contributed by atoms with Crippen LogP contribution >= 0.6 is 0 Å². The molecule has 1 saturated heterocycles. The predicted octanol–water partition coefficient (Wildman–Crippen LogP) is 3.22. The number of carbonyl (C=O) groups is 1.